The molecule has 1 heterocycles. The summed E-state index contributed by atoms with van der Waals surface area (Å²) in [5.41, 5.74) is 1.16. The van der Waals surface area contributed by atoms with Crippen molar-refractivity contribution in [2.75, 3.05) is 13.2 Å². The number of ether oxygens (including phenoxy) is 1. The van der Waals surface area contributed by atoms with Gasteiger partial charge in [0.15, 0.2) is 0 Å². The van der Waals surface area contributed by atoms with Crippen LogP contribution in [0.3, 0.4) is 0 Å². The summed E-state index contributed by atoms with van der Waals surface area (Å²) >= 11 is 0. The molecule has 0 amide bonds. The summed E-state index contributed by atoms with van der Waals surface area (Å²) in [7, 11) is 0. The van der Waals surface area contributed by atoms with Crippen LogP contribution in [0.4, 0.5) is 0 Å². The molecule has 0 saturated carbocycles. The van der Waals surface area contributed by atoms with E-state index in [2.05, 4.69) is 11.4 Å². The molecule has 1 radical (unpaired) electrons. The molecule has 0 aromatic heterocycles. The zero-order valence-corrected chi connectivity index (χ0v) is 5.84. The van der Waals surface area contributed by atoms with Crippen molar-refractivity contribution in [3.8, 4) is 0 Å². The fraction of sp³-hybridized carbons (Fsp3) is 0.500. The van der Waals surface area contributed by atoms with Crippen LogP contribution < -0.4 is 5.32 Å². The average molecular weight is 136 g/mol. The molecule has 1 aliphatic heterocycles. The van der Waals surface area contributed by atoms with Gasteiger partial charge in [-0.15, -0.1) is 0 Å². The highest BCUT2D eigenvalue weighted by Crippen LogP contribution is 2.20. The molecule has 0 saturated heterocycles. The maximum atomic E-state index is 5.38. The van der Waals surface area contributed by atoms with Gasteiger partial charge in [0.1, 0.15) is 12.4 Å². The third-order valence-corrected chi connectivity index (χ3v) is 1.75. The zero-order valence-electron chi connectivity index (χ0n) is 5.84. The Morgan fingerprint density at radius 1 is 1.50 bits per heavy atom. The Balaban J connectivity index is 2.23. The van der Waals surface area contributed by atoms with Crippen molar-refractivity contribution >= 4 is 0 Å². The second kappa shape index (κ2) is 2.37. The summed E-state index contributed by atoms with van der Waals surface area (Å²) in [4.78, 5) is 0. The van der Waals surface area contributed by atoms with Gasteiger partial charge in [0.2, 0.25) is 0 Å². The monoisotopic (exact) mass is 136 g/mol. The van der Waals surface area contributed by atoms with Gasteiger partial charge in [0, 0.05) is 0 Å². The van der Waals surface area contributed by atoms with E-state index in [1.54, 1.807) is 0 Å². The summed E-state index contributed by atoms with van der Waals surface area (Å²) in [6, 6.07) is 0. The van der Waals surface area contributed by atoms with E-state index in [4.69, 9.17) is 4.74 Å². The second-order valence-electron chi connectivity index (χ2n) is 2.48. The van der Waals surface area contributed by atoms with Crippen molar-refractivity contribution in [3.63, 3.8) is 0 Å². The van der Waals surface area contributed by atoms with E-state index in [0.717, 1.165) is 37.4 Å². The maximum Gasteiger partial charge on any atom is 0.140 e. The maximum absolute atomic E-state index is 5.38. The minimum absolute atomic E-state index is 0.753. The van der Waals surface area contributed by atoms with Gasteiger partial charge in [0.25, 0.3) is 0 Å². The summed E-state index contributed by atoms with van der Waals surface area (Å²) in [5.74, 6) is 0.998. The minimum Gasteiger partial charge on any atom is -0.490 e. The Bertz CT molecular complexity index is 193. The van der Waals surface area contributed by atoms with Gasteiger partial charge in [-0.1, -0.05) is 6.08 Å². The fourth-order valence-corrected chi connectivity index (χ4v) is 1.25. The summed E-state index contributed by atoms with van der Waals surface area (Å²) in [6.45, 7) is 1.59. The van der Waals surface area contributed by atoms with Gasteiger partial charge in [0.05, 0.1) is 12.2 Å². The van der Waals surface area contributed by atoms with Crippen molar-refractivity contribution in [1.82, 2.24) is 5.32 Å². The standard InChI is InChI=1S/C8H10NO/c1-2-4-8-7(3-1)9-5-6-10-8/h2,4H,1,3,5-6H2. The van der Waals surface area contributed by atoms with Crippen LogP contribution in [0, 0.1) is 0 Å². The first kappa shape index (κ1) is 5.83. The molecule has 10 heavy (non-hydrogen) atoms. The van der Waals surface area contributed by atoms with Gasteiger partial charge >= 0.3 is 0 Å². The number of allylic oxidation sites excluding steroid dienone is 3. The lowest BCUT2D eigenvalue weighted by molar-refractivity contribution is 0.198. The zero-order chi connectivity index (χ0) is 6.81. The highest BCUT2D eigenvalue weighted by atomic mass is 16.5. The summed E-state index contributed by atoms with van der Waals surface area (Å²) in [5, 5.41) is 4.35. The van der Waals surface area contributed by atoms with Crippen LogP contribution in [0.1, 0.15) is 12.8 Å². The molecule has 0 aromatic carbocycles. The molecule has 0 bridgehead atoms. The highest BCUT2D eigenvalue weighted by Gasteiger charge is 2.13. The number of hydrogen-bond donors (Lipinski definition) is 0. The van der Waals surface area contributed by atoms with Crippen LogP contribution in [0.25, 0.3) is 0 Å². The van der Waals surface area contributed by atoms with Crippen LogP contribution in [-0.4, -0.2) is 13.2 Å². The van der Waals surface area contributed by atoms with Crippen LogP contribution >= 0.6 is 0 Å². The first-order valence-corrected chi connectivity index (χ1v) is 3.67. The van der Waals surface area contributed by atoms with Gasteiger partial charge < -0.3 is 4.74 Å². The quantitative estimate of drug-likeness (QED) is 0.490. The van der Waals surface area contributed by atoms with Crippen LogP contribution in [-0.2, 0) is 4.74 Å². The largest absolute Gasteiger partial charge is 0.490 e. The number of nitrogens with zero attached hydrogens (tertiary/aromatic N) is 1. The number of rotatable bonds is 0. The molecule has 2 nitrogen and oxygen atoms in total. The number of hydrogen-bond acceptors (Lipinski definition) is 1. The SMILES string of the molecule is C1=CC2=C(CC1)[N]CCO2. The Morgan fingerprint density at radius 2 is 2.50 bits per heavy atom. The van der Waals surface area contributed by atoms with Crippen molar-refractivity contribution in [2.24, 2.45) is 0 Å². The molecule has 0 spiro atoms. The predicted molar refractivity (Wildman–Crippen MR) is 38.4 cm³/mol. The molecular weight excluding hydrogens is 126 g/mol. The lowest BCUT2D eigenvalue weighted by Gasteiger charge is -2.20. The first-order valence-electron chi connectivity index (χ1n) is 3.67. The Morgan fingerprint density at radius 3 is 3.40 bits per heavy atom. The first-order chi connectivity index (χ1) is 4.97. The third kappa shape index (κ3) is 0.897. The molecule has 1 aliphatic carbocycles. The molecule has 53 valence electrons. The molecule has 2 heteroatoms. The van der Waals surface area contributed by atoms with E-state index < -0.39 is 0 Å². The van der Waals surface area contributed by atoms with E-state index >= 15 is 0 Å². The summed E-state index contributed by atoms with van der Waals surface area (Å²) < 4.78 is 5.38. The Labute approximate surface area is 60.6 Å². The highest BCUT2D eigenvalue weighted by molar-refractivity contribution is 5.24. The molecule has 0 unspecified atom stereocenters. The van der Waals surface area contributed by atoms with Gasteiger partial charge in [-0.05, 0) is 18.9 Å². The fourth-order valence-electron chi connectivity index (χ4n) is 1.25. The van der Waals surface area contributed by atoms with E-state index in [0.29, 0.717) is 0 Å². The molecule has 0 aromatic rings. The van der Waals surface area contributed by atoms with E-state index in [1.807, 2.05) is 6.08 Å². The van der Waals surface area contributed by atoms with Crippen LogP contribution in [0.5, 0.6) is 0 Å². The van der Waals surface area contributed by atoms with Crippen LogP contribution in [0.15, 0.2) is 23.6 Å². The Kier molecular flexibility index (Phi) is 1.38. The smallest absolute Gasteiger partial charge is 0.140 e. The predicted octanol–water partition coefficient (Wildman–Crippen LogP) is 1.18. The van der Waals surface area contributed by atoms with E-state index in [9.17, 15) is 0 Å². The molecule has 0 atom stereocenters. The van der Waals surface area contributed by atoms with Gasteiger partial charge in [-0.2, -0.15) is 0 Å². The van der Waals surface area contributed by atoms with Gasteiger partial charge in [-0.3, -0.25) is 5.32 Å². The molecule has 0 fully saturated rings. The van der Waals surface area contributed by atoms with Crippen LogP contribution in [0.2, 0.25) is 0 Å². The molecule has 2 aliphatic rings. The minimum atomic E-state index is 0.753. The summed E-state index contributed by atoms with van der Waals surface area (Å²) in [6.07, 6.45) is 6.35. The van der Waals surface area contributed by atoms with Crippen molar-refractivity contribution in [3.05, 3.63) is 23.6 Å². The average Bonchev–Trinajstić information content (AvgIpc) is 2.05. The third-order valence-electron chi connectivity index (χ3n) is 1.75. The lowest BCUT2D eigenvalue weighted by atomic mass is 10.1. The lowest BCUT2D eigenvalue weighted by Crippen LogP contribution is -2.21. The van der Waals surface area contributed by atoms with Crippen molar-refractivity contribution in [1.29, 1.82) is 0 Å². The molecular formula is C8H10NO. The molecule has 2 rings (SSSR count). The topological polar surface area (TPSA) is 23.3 Å². The van der Waals surface area contributed by atoms with E-state index in [1.165, 1.54) is 0 Å². The molecule has 0 N–H and O–H groups in total. The van der Waals surface area contributed by atoms with Gasteiger partial charge in [-0.25, -0.2) is 0 Å². The normalized spacial score (nSPS) is 23.2. The van der Waals surface area contributed by atoms with Crippen molar-refractivity contribution in [2.45, 2.75) is 12.8 Å². The second-order valence-corrected chi connectivity index (χ2v) is 2.48. The van der Waals surface area contributed by atoms with E-state index in [-0.39, 0.29) is 0 Å². The Hall–Kier alpha value is -0.920. The van der Waals surface area contributed by atoms with Crippen molar-refractivity contribution < 1.29 is 4.74 Å².